The summed E-state index contributed by atoms with van der Waals surface area (Å²) in [5.41, 5.74) is 1.67. The number of ether oxygens (including phenoxy) is 3. The molecule has 1 atom stereocenters. The Morgan fingerprint density at radius 1 is 0.933 bits per heavy atom. The molecule has 1 aromatic heterocycles. The smallest absolute Gasteiger partial charge is 0.259 e. The van der Waals surface area contributed by atoms with Crippen molar-refractivity contribution in [1.82, 2.24) is 9.97 Å². The monoisotopic (exact) mass is 431 g/mol. The van der Waals surface area contributed by atoms with E-state index in [4.69, 9.17) is 18.8 Å². The highest BCUT2D eigenvalue weighted by molar-refractivity contribution is 7.80. The molecular formula is C19H21N5O5S. The predicted molar refractivity (Wildman–Crippen MR) is 116 cm³/mol. The van der Waals surface area contributed by atoms with Gasteiger partial charge in [0.1, 0.15) is 5.82 Å². The normalized spacial score (nSPS) is 11.3. The van der Waals surface area contributed by atoms with E-state index in [0.29, 0.717) is 46.1 Å². The minimum Gasteiger partial charge on any atom is -0.493 e. The molecule has 0 saturated carbocycles. The Hall–Kier alpha value is -3.57. The summed E-state index contributed by atoms with van der Waals surface area (Å²) in [4.78, 5) is 8.65. The standard InChI is InChI=1S/C19H21N5O5S/c1-27-15-10-12(11-16(28-2)18(15)29-3)21-19-20-9-8-17(23-19)22-13-6-4-5-7-14(13)24-30(25)26/h4-11,24H,1-3H3,(H,25,26)(H2,20,21,22,23). The van der Waals surface area contributed by atoms with Crippen molar-refractivity contribution in [1.29, 1.82) is 0 Å². The van der Waals surface area contributed by atoms with Crippen molar-refractivity contribution in [3.63, 3.8) is 0 Å². The maximum atomic E-state index is 11.1. The number of benzene rings is 2. The van der Waals surface area contributed by atoms with Gasteiger partial charge in [0, 0.05) is 24.0 Å². The number of rotatable bonds is 9. The van der Waals surface area contributed by atoms with Crippen LogP contribution in [0.1, 0.15) is 0 Å². The van der Waals surface area contributed by atoms with Crippen molar-refractivity contribution in [3.8, 4) is 17.2 Å². The van der Waals surface area contributed by atoms with Crippen LogP contribution in [0.25, 0.3) is 0 Å². The molecule has 0 aliphatic carbocycles. The SMILES string of the molecule is COc1cc(Nc2nccc(Nc3ccccc3NS(=O)O)n2)cc(OC)c1OC. The van der Waals surface area contributed by atoms with Gasteiger partial charge in [-0.3, -0.25) is 9.27 Å². The van der Waals surface area contributed by atoms with Crippen molar-refractivity contribution < 1.29 is 23.0 Å². The fourth-order valence-electron chi connectivity index (χ4n) is 2.68. The molecule has 3 aromatic rings. The second-order valence-electron chi connectivity index (χ2n) is 5.83. The summed E-state index contributed by atoms with van der Waals surface area (Å²) in [5.74, 6) is 2.27. The second kappa shape index (κ2) is 9.76. The van der Waals surface area contributed by atoms with Gasteiger partial charge in [-0.05, 0) is 18.2 Å². The van der Waals surface area contributed by atoms with Gasteiger partial charge in [-0.2, -0.15) is 4.98 Å². The predicted octanol–water partition coefficient (Wildman–Crippen LogP) is 3.54. The van der Waals surface area contributed by atoms with Gasteiger partial charge in [-0.15, -0.1) is 0 Å². The van der Waals surface area contributed by atoms with Crippen LogP contribution in [0.4, 0.5) is 28.8 Å². The molecule has 0 aliphatic heterocycles. The zero-order valence-electron chi connectivity index (χ0n) is 16.5. The van der Waals surface area contributed by atoms with Crippen molar-refractivity contribution >= 4 is 40.1 Å². The Balaban J connectivity index is 1.84. The molecule has 1 unspecified atom stereocenters. The minimum atomic E-state index is -2.19. The highest BCUT2D eigenvalue weighted by Crippen LogP contribution is 2.40. The zero-order valence-corrected chi connectivity index (χ0v) is 17.3. The molecule has 4 N–H and O–H groups in total. The van der Waals surface area contributed by atoms with Crippen LogP contribution in [0, 0.1) is 0 Å². The van der Waals surface area contributed by atoms with Crippen LogP contribution in [-0.2, 0) is 11.3 Å². The number of nitrogens with one attached hydrogen (secondary N) is 3. The van der Waals surface area contributed by atoms with Crippen LogP contribution in [-0.4, -0.2) is 40.1 Å². The van der Waals surface area contributed by atoms with Crippen molar-refractivity contribution in [2.24, 2.45) is 0 Å². The van der Waals surface area contributed by atoms with E-state index in [-0.39, 0.29) is 0 Å². The molecule has 0 spiro atoms. The van der Waals surface area contributed by atoms with Crippen LogP contribution in [0.5, 0.6) is 17.2 Å². The third-order valence-electron chi connectivity index (χ3n) is 3.96. The summed E-state index contributed by atoms with van der Waals surface area (Å²) in [6.45, 7) is 0. The maximum absolute atomic E-state index is 11.1. The molecule has 0 fully saturated rings. The van der Waals surface area contributed by atoms with Gasteiger partial charge in [0.05, 0.1) is 32.7 Å². The van der Waals surface area contributed by atoms with Gasteiger partial charge in [0.2, 0.25) is 11.7 Å². The van der Waals surface area contributed by atoms with E-state index >= 15 is 0 Å². The number of methoxy groups -OCH3 is 3. The first-order valence-corrected chi connectivity index (χ1v) is 9.78. The molecule has 0 amide bonds. The van der Waals surface area contributed by atoms with E-state index in [1.165, 1.54) is 21.3 Å². The second-order valence-corrected chi connectivity index (χ2v) is 6.53. The first kappa shape index (κ1) is 21.1. The number of nitrogens with zero attached hydrogens (tertiary/aromatic N) is 2. The Morgan fingerprint density at radius 3 is 2.20 bits per heavy atom. The molecule has 158 valence electrons. The number of anilines is 5. The lowest BCUT2D eigenvalue weighted by molar-refractivity contribution is 0.324. The lowest BCUT2D eigenvalue weighted by Crippen LogP contribution is -2.06. The van der Waals surface area contributed by atoms with Crippen molar-refractivity contribution in [2.75, 3.05) is 36.7 Å². The molecule has 0 radical (unpaired) electrons. The molecule has 0 bridgehead atoms. The van der Waals surface area contributed by atoms with E-state index in [9.17, 15) is 4.21 Å². The lowest BCUT2D eigenvalue weighted by Gasteiger charge is -2.15. The van der Waals surface area contributed by atoms with Crippen molar-refractivity contribution in [2.45, 2.75) is 0 Å². The average molecular weight is 431 g/mol. The Morgan fingerprint density at radius 2 is 1.60 bits per heavy atom. The molecule has 3 rings (SSSR count). The quantitative estimate of drug-likeness (QED) is 0.376. The highest BCUT2D eigenvalue weighted by atomic mass is 32.2. The van der Waals surface area contributed by atoms with Crippen LogP contribution < -0.4 is 29.6 Å². The summed E-state index contributed by atoms with van der Waals surface area (Å²) in [6.07, 6.45) is 1.58. The highest BCUT2D eigenvalue weighted by Gasteiger charge is 2.14. The molecule has 1 heterocycles. The molecule has 11 heteroatoms. The van der Waals surface area contributed by atoms with Gasteiger partial charge in [-0.1, -0.05) is 12.1 Å². The Labute approximate surface area is 176 Å². The summed E-state index contributed by atoms with van der Waals surface area (Å²) in [7, 11) is 4.60. The lowest BCUT2D eigenvalue weighted by atomic mass is 10.2. The third kappa shape index (κ3) is 5.07. The summed E-state index contributed by atoms with van der Waals surface area (Å²) in [6, 6.07) is 12.1. The van der Waals surface area contributed by atoms with E-state index in [0.717, 1.165) is 0 Å². The fourth-order valence-corrected chi connectivity index (χ4v) is 3.05. The first-order valence-electron chi connectivity index (χ1n) is 8.67. The Kier molecular flexibility index (Phi) is 6.88. The van der Waals surface area contributed by atoms with Gasteiger partial charge in [-0.25, -0.2) is 9.19 Å². The van der Waals surface area contributed by atoms with Crippen LogP contribution in [0.15, 0.2) is 48.7 Å². The van der Waals surface area contributed by atoms with E-state index in [1.807, 2.05) is 0 Å². The third-order valence-corrected chi connectivity index (χ3v) is 4.36. The maximum Gasteiger partial charge on any atom is 0.259 e. The zero-order chi connectivity index (χ0) is 21.5. The average Bonchev–Trinajstić information content (AvgIpc) is 2.74. The largest absolute Gasteiger partial charge is 0.493 e. The fraction of sp³-hybridized carbons (Fsp3) is 0.158. The van der Waals surface area contributed by atoms with E-state index in [1.54, 1.807) is 48.7 Å². The van der Waals surface area contributed by atoms with Gasteiger partial charge < -0.3 is 24.8 Å². The Bertz CT molecular complexity index is 1020. The number of hydrogen-bond acceptors (Lipinski definition) is 8. The van der Waals surface area contributed by atoms with Gasteiger partial charge >= 0.3 is 0 Å². The van der Waals surface area contributed by atoms with E-state index < -0.39 is 11.3 Å². The topological polar surface area (TPSA) is 127 Å². The summed E-state index contributed by atoms with van der Waals surface area (Å²) < 4.78 is 38.7. The molecule has 0 aliphatic rings. The molecule has 0 saturated heterocycles. The number of para-hydroxylation sites is 2. The number of hydrogen-bond donors (Lipinski definition) is 4. The van der Waals surface area contributed by atoms with Crippen LogP contribution >= 0.6 is 0 Å². The van der Waals surface area contributed by atoms with Gasteiger partial charge in [0.25, 0.3) is 11.3 Å². The molecule has 30 heavy (non-hydrogen) atoms. The van der Waals surface area contributed by atoms with Gasteiger partial charge in [0.15, 0.2) is 11.5 Å². The van der Waals surface area contributed by atoms with Crippen molar-refractivity contribution in [3.05, 3.63) is 48.7 Å². The van der Waals surface area contributed by atoms with Crippen LogP contribution in [0.3, 0.4) is 0 Å². The summed E-state index contributed by atoms with van der Waals surface area (Å²) >= 11 is -2.19. The summed E-state index contributed by atoms with van der Waals surface area (Å²) in [5, 5.41) is 6.19. The molecule has 10 nitrogen and oxygen atoms in total. The molecule has 2 aromatic carbocycles. The number of aromatic nitrogens is 2. The van der Waals surface area contributed by atoms with E-state index in [2.05, 4.69) is 25.3 Å². The minimum absolute atomic E-state index is 0.324. The first-order chi connectivity index (χ1) is 14.5. The van der Waals surface area contributed by atoms with Crippen LogP contribution in [0.2, 0.25) is 0 Å². The molecular weight excluding hydrogens is 410 g/mol.